The first-order chi connectivity index (χ1) is 15.2. The summed E-state index contributed by atoms with van der Waals surface area (Å²) >= 11 is 0. The molecule has 3 unspecified atom stereocenters. The van der Waals surface area contributed by atoms with Crippen LogP contribution in [0.25, 0.3) is 17.4 Å². The van der Waals surface area contributed by atoms with Gasteiger partial charge in [0.15, 0.2) is 17.4 Å². The van der Waals surface area contributed by atoms with Crippen molar-refractivity contribution >= 4 is 17.6 Å². The summed E-state index contributed by atoms with van der Waals surface area (Å²) in [4.78, 5) is 21.1. The monoisotopic (exact) mass is 414 g/mol. The van der Waals surface area contributed by atoms with Crippen LogP contribution in [0.5, 0.6) is 0 Å². The third-order valence-corrected chi connectivity index (χ3v) is 6.70. The van der Waals surface area contributed by atoms with Crippen molar-refractivity contribution in [2.24, 2.45) is 22.7 Å². The Kier molecular flexibility index (Phi) is 5.71. The summed E-state index contributed by atoms with van der Waals surface area (Å²) in [5.41, 5.74) is 4.61. The fraction of sp³-hybridized carbons (Fsp3) is 0.444. The molecule has 3 aliphatic rings. The fourth-order valence-electron chi connectivity index (χ4n) is 4.72. The molecule has 0 amide bonds. The van der Waals surface area contributed by atoms with Crippen molar-refractivity contribution in [3.8, 4) is 11.3 Å². The Morgan fingerprint density at radius 3 is 3.00 bits per heavy atom. The number of fused-ring (bicyclic) bond motifs is 2. The van der Waals surface area contributed by atoms with Gasteiger partial charge in [0.1, 0.15) is 0 Å². The Balaban J connectivity index is 1.05. The van der Waals surface area contributed by atoms with E-state index in [1.54, 1.807) is 0 Å². The normalized spacial score (nSPS) is 23.3. The first kappa shape index (κ1) is 20.2. The van der Waals surface area contributed by atoms with Crippen molar-refractivity contribution in [2.75, 3.05) is 0 Å². The van der Waals surface area contributed by atoms with Crippen LogP contribution in [-0.4, -0.2) is 16.5 Å². The number of hydrogen-bond acceptors (Lipinski definition) is 4. The van der Waals surface area contributed by atoms with Crippen molar-refractivity contribution in [2.45, 2.75) is 58.3 Å². The molecule has 0 radical (unpaired) electrons. The number of carbonyl (C=O) groups is 1. The zero-order chi connectivity index (χ0) is 21.2. The lowest BCUT2D eigenvalue weighted by molar-refractivity contribution is -0.113. The highest BCUT2D eigenvalue weighted by Gasteiger charge is 2.42. The first-order valence-corrected chi connectivity index (χ1v) is 11.7. The summed E-state index contributed by atoms with van der Waals surface area (Å²) in [6.45, 7) is 2.25. The van der Waals surface area contributed by atoms with Gasteiger partial charge in [-0.05, 0) is 54.7 Å². The largest absolute Gasteiger partial charge is 0.441 e. The van der Waals surface area contributed by atoms with Gasteiger partial charge < -0.3 is 4.42 Å². The van der Waals surface area contributed by atoms with Crippen molar-refractivity contribution < 1.29 is 9.21 Å². The summed E-state index contributed by atoms with van der Waals surface area (Å²) < 4.78 is 6.01. The van der Waals surface area contributed by atoms with E-state index in [1.165, 1.54) is 11.1 Å². The van der Waals surface area contributed by atoms with E-state index in [1.807, 2.05) is 12.4 Å². The molecule has 31 heavy (non-hydrogen) atoms. The maximum Gasteiger partial charge on any atom is 0.194 e. The molecular weight excluding hydrogens is 384 g/mol. The zero-order valence-corrected chi connectivity index (χ0v) is 18.2. The highest BCUT2D eigenvalue weighted by molar-refractivity contribution is 6.41. The second kappa shape index (κ2) is 8.78. The number of allylic oxidation sites excluding steroid dienone is 2. The van der Waals surface area contributed by atoms with Crippen LogP contribution < -0.4 is 0 Å². The number of aliphatic imine (C=N–C) groups is 1. The van der Waals surface area contributed by atoms with E-state index in [9.17, 15) is 4.79 Å². The topological polar surface area (TPSA) is 55.5 Å². The lowest BCUT2D eigenvalue weighted by atomic mass is 9.89. The van der Waals surface area contributed by atoms with Gasteiger partial charge in [-0.1, -0.05) is 50.1 Å². The summed E-state index contributed by atoms with van der Waals surface area (Å²) in [6, 6.07) is 6.56. The Hall–Kier alpha value is -2.75. The van der Waals surface area contributed by atoms with Crippen molar-refractivity contribution in [1.29, 1.82) is 0 Å². The number of rotatable bonds is 9. The third kappa shape index (κ3) is 4.63. The molecule has 2 aromatic rings. The van der Waals surface area contributed by atoms with Gasteiger partial charge >= 0.3 is 0 Å². The van der Waals surface area contributed by atoms with Gasteiger partial charge in [-0.25, -0.2) is 4.98 Å². The number of Topliss-reactive ketones (excluding diaryl/α,β-unsaturated/α-hetero) is 1. The lowest BCUT2D eigenvalue weighted by Crippen LogP contribution is -2.18. The molecule has 1 fully saturated rings. The number of nitrogens with zero attached hydrogens (tertiary/aromatic N) is 2. The van der Waals surface area contributed by atoms with Gasteiger partial charge in [-0.3, -0.25) is 9.79 Å². The van der Waals surface area contributed by atoms with Crippen LogP contribution in [-0.2, 0) is 17.6 Å². The second-order valence-corrected chi connectivity index (χ2v) is 9.27. The number of benzene rings is 1. The highest BCUT2D eigenvalue weighted by atomic mass is 16.4. The van der Waals surface area contributed by atoms with Crippen molar-refractivity contribution in [3.05, 3.63) is 59.8 Å². The minimum absolute atomic E-state index is 0.253. The molecule has 5 rings (SSSR count). The molecule has 2 aliphatic carbocycles. The SMILES string of the molecule is CC1C=Cc2cc(-c3cnc(CCCCCCC(=O)C4=NC=CC5CC45)o3)ccc2C1. The number of oxazole rings is 1. The van der Waals surface area contributed by atoms with Gasteiger partial charge in [0.2, 0.25) is 0 Å². The zero-order valence-electron chi connectivity index (χ0n) is 18.2. The van der Waals surface area contributed by atoms with E-state index in [2.05, 4.69) is 53.3 Å². The molecule has 160 valence electrons. The van der Waals surface area contributed by atoms with E-state index in [0.717, 1.165) is 67.9 Å². The Morgan fingerprint density at radius 2 is 2.06 bits per heavy atom. The van der Waals surface area contributed by atoms with Gasteiger partial charge in [0.25, 0.3) is 0 Å². The van der Waals surface area contributed by atoms with Crippen LogP contribution in [0.15, 0.2) is 52.2 Å². The van der Waals surface area contributed by atoms with Crippen LogP contribution >= 0.6 is 0 Å². The van der Waals surface area contributed by atoms with E-state index < -0.39 is 0 Å². The Bertz CT molecular complexity index is 1060. The number of aryl methyl sites for hydroxylation is 1. The minimum atomic E-state index is 0.253. The van der Waals surface area contributed by atoms with Gasteiger partial charge in [-0.15, -0.1) is 0 Å². The molecule has 1 aliphatic heterocycles. The second-order valence-electron chi connectivity index (χ2n) is 9.27. The number of carbonyl (C=O) groups excluding carboxylic acids is 1. The molecule has 4 nitrogen and oxygen atoms in total. The lowest BCUT2D eigenvalue weighted by Gasteiger charge is -2.16. The number of ketones is 1. The summed E-state index contributed by atoms with van der Waals surface area (Å²) in [6.07, 6.45) is 18.1. The smallest absolute Gasteiger partial charge is 0.194 e. The van der Waals surface area contributed by atoms with Gasteiger partial charge in [0.05, 0.1) is 11.9 Å². The molecule has 4 heteroatoms. The third-order valence-electron chi connectivity index (χ3n) is 6.70. The van der Waals surface area contributed by atoms with E-state index in [-0.39, 0.29) is 5.78 Å². The summed E-state index contributed by atoms with van der Waals surface area (Å²) in [7, 11) is 0. The van der Waals surface area contributed by atoms with E-state index in [4.69, 9.17) is 4.42 Å². The number of hydrogen-bond donors (Lipinski definition) is 0. The molecule has 3 atom stereocenters. The predicted molar refractivity (Wildman–Crippen MR) is 124 cm³/mol. The predicted octanol–water partition coefficient (Wildman–Crippen LogP) is 6.21. The molecule has 1 saturated carbocycles. The van der Waals surface area contributed by atoms with Crippen LogP contribution in [0.3, 0.4) is 0 Å². The molecular formula is C27H30N2O2. The van der Waals surface area contributed by atoms with Crippen LogP contribution in [0.1, 0.15) is 62.5 Å². The maximum atomic E-state index is 12.3. The molecule has 0 saturated heterocycles. The molecule has 0 N–H and O–H groups in total. The van der Waals surface area contributed by atoms with Gasteiger partial charge in [0, 0.05) is 30.5 Å². The Morgan fingerprint density at radius 1 is 1.16 bits per heavy atom. The average Bonchev–Trinajstić information content (AvgIpc) is 3.44. The maximum absolute atomic E-state index is 12.3. The van der Waals surface area contributed by atoms with E-state index >= 15 is 0 Å². The minimum Gasteiger partial charge on any atom is -0.441 e. The summed E-state index contributed by atoms with van der Waals surface area (Å²) in [5.74, 6) is 3.52. The standard InChI is InChI=1S/C27H30N2O2/c1-18-8-9-20-15-22(11-10-19(20)14-18)25-17-29-26(31-25)7-5-3-2-4-6-24(30)27-23-16-21(23)12-13-28-27/h8-13,15,17-18,21,23H,2-7,14,16H2,1H3. The van der Waals surface area contributed by atoms with Crippen molar-refractivity contribution in [3.63, 3.8) is 0 Å². The molecule has 0 spiro atoms. The van der Waals surface area contributed by atoms with Crippen LogP contribution in [0, 0.1) is 17.8 Å². The molecule has 0 bridgehead atoms. The van der Waals surface area contributed by atoms with Gasteiger partial charge in [-0.2, -0.15) is 0 Å². The first-order valence-electron chi connectivity index (χ1n) is 11.7. The average molecular weight is 415 g/mol. The highest BCUT2D eigenvalue weighted by Crippen LogP contribution is 2.43. The molecule has 1 aromatic carbocycles. The molecule has 1 aromatic heterocycles. The summed E-state index contributed by atoms with van der Waals surface area (Å²) in [5, 5.41) is 0. The quantitative estimate of drug-likeness (QED) is 0.458. The van der Waals surface area contributed by atoms with Crippen LogP contribution in [0.4, 0.5) is 0 Å². The van der Waals surface area contributed by atoms with E-state index in [0.29, 0.717) is 24.2 Å². The molecule has 2 heterocycles. The number of aromatic nitrogens is 1. The number of unbranched alkanes of at least 4 members (excludes halogenated alkanes) is 3. The Labute approximate surface area is 184 Å². The fourth-order valence-corrected chi connectivity index (χ4v) is 4.72. The van der Waals surface area contributed by atoms with Crippen LogP contribution in [0.2, 0.25) is 0 Å². The van der Waals surface area contributed by atoms with Crippen molar-refractivity contribution in [1.82, 2.24) is 4.98 Å².